The van der Waals surface area contributed by atoms with Crippen molar-refractivity contribution in [3.8, 4) is 5.75 Å². The van der Waals surface area contributed by atoms with Crippen LogP contribution in [0, 0.1) is 17.0 Å². The third-order valence-electron chi connectivity index (χ3n) is 3.22. The molecule has 19 heavy (non-hydrogen) atoms. The molecule has 0 spiro atoms. The number of rotatable bonds is 2. The van der Waals surface area contributed by atoms with Crippen molar-refractivity contribution < 1.29 is 23.0 Å². The van der Waals surface area contributed by atoms with E-state index in [1.54, 1.807) is 13.8 Å². The van der Waals surface area contributed by atoms with Crippen LogP contribution in [0.1, 0.15) is 25.5 Å². The lowest BCUT2D eigenvalue weighted by atomic mass is 9.80. The van der Waals surface area contributed by atoms with Gasteiger partial charge in [0.25, 0.3) is 0 Å². The molecule has 6 heteroatoms. The standard InChI is InChI=1S/C13H15F2NO3/c1-13(2)6-19-12(17)16-11(13)9-7(14)4-5-8(18-3)10(9)15/h4-5,11H,6H2,1-3H3,(H,16,17)/t11-/m1/s1. The molecule has 0 unspecified atom stereocenters. The van der Waals surface area contributed by atoms with Crippen LogP contribution in [-0.4, -0.2) is 19.8 Å². The van der Waals surface area contributed by atoms with E-state index in [0.29, 0.717) is 0 Å². The number of benzene rings is 1. The Morgan fingerprint density at radius 3 is 2.74 bits per heavy atom. The van der Waals surface area contributed by atoms with E-state index in [2.05, 4.69) is 5.32 Å². The number of methoxy groups -OCH3 is 1. The first-order valence-electron chi connectivity index (χ1n) is 5.82. The molecular formula is C13H15F2NO3. The van der Waals surface area contributed by atoms with Gasteiger partial charge in [-0.1, -0.05) is 13.8 Å². The van der Waals surface area contributed by atoms with Crippen molar-refractivity contribution in [1.82, 2.24) is 5.32 Å². The molecule has 0 bridgehead atoms. The molecule has 1 heterocycles. The van der Waals surface area contributed by atoms with Crippen LogP contribution < -0.4 is 10.1 Å². The summed E-state index contributed by atoms with van der Waals surface area (Å²) >= 11 is 0. The molecule has 1 saturated heterocycles. The molecule has 0 radical (unpaired) electrons. The lowest BCUT2D eigenvalue weighted by Crippen LogP contribution is -2.47. The Balaban J connectivity index is 2.53. The zero-order valence-electron chi connectivity index (χ0n) is 10.9. The summed E-state index contributed by atoms with van der Waals surface area (Å²) in [5, 5.41) is 2.46. The first-order valence-corrected chi connectivity index (χ1v) is 5.82. The highest BCUT2D eigenvalue weighted by Gasteiger charge is 2.41. The summed E-state index contributed by atoms with van der Waals surface area (Å²) in [7, 11) is 1.30. The Morgan fingerprint density at radius 2 is 2.11 bits per heavy atom. The number of carbonyl (C=O) groups is 1. The molecule has 1 aliphatic rings. The predicted molar refractivity (Wildman–Crippen MR) is 63.9 cm³/mol. The Labute approximate surface area is 109 Å². The van der Waals surface area contributed by atoms with Crippen LogP contribution in [-0.2, 0) is 4.74 Å². The summed E-state index contributed by atoms with van der Waals surface area (Å²) in [5.74, 6) is -1.59. The Bertz CT molecular complexity index is 517. The van der Waals surface area contributed by atoms with E-state index in [9.17, 15) is 13.6 Å². The van der Waals surface area contributed by atoms with Crippen LogP contribution in [0.15, 0.2) is 12.1 Å². The van der Waals surface area contributed by atoms with Gasteiger partial charge in [0.15, 0.2) is 11.6 Å². The lowest BCUT2D eigenvalue weighted by molar-refractivity contribution is 0.0366. The lowest BCUT2D eigenvalue weighted by Gasteiger charge is -2.38. The Hall–Kier alpha value is -1.85. The van der Waals surface area contributed by atoms with E-state index in [0.717, 1.165) is 6.07 Å². The van der Waals surface area contributed by atoms with Gasteiger partial charge in [-0.15, -0.1) is 0 Å². The molecule has 1 aromatic rings. The average molecular weight is 271 g/mol. The summed E-state index contributed by atoms with van der Waals surface area (Å²) in [6.45, 7) is 3.60. The third kappa shape index (κ3) is 2.34. The van der Waals surface area contributed by atoms with Gasteiger partial charge in [0.2, 0.25) is 0 Å². The molecule has 1 aromatic carbocycles. The maximum Gasteiger partial charge on any atom is 0.407 e. The van der Waals surface area contributed by atoms with E-state index in [4.69, 9.17) is 9.47 Å². The molecule has 1 N–H and O–H groups in total. The van der Waals surface area contributed by atoms with E-state index in [1.165, 1.54) is 13.2 Å². The maximum atomic E-state index is 14.2. The zero-order chi connectivity index (χ0) is 14.2. The number of ether oxygens (including phenoxy) is 2. The molecule has 104 valence electrons. The second kappa shape index (κ2) is 4.68. The van der Waals surface area contributed by atoms with Gasteiger partial charge in [0, 0.05) is 5.41 Å². The monoisotopic (exact) mass is 271 g/mol. The second-order valence-corrected chi connectivity index (χ2v) is 5.12. The maximum absolute atomic E-state index is 14.2. The number of carbonyl (C=O) groups excluding carboxylic acids is 1. The van der Waals surface area contributed by atoms with Crippen LogP contribution in [0.25, 0.3) is 0 Å². The van der Waals surface area contributed by atoms with Crippen molar-refractivity contribution in [3.05, 3.63) is 29.3 Å². The fourth-order valence-corrected chi connectivity index (χ4v) is 2.12. The van der Waals surface area contributed by atoms with Crippen molar-refractivity contribution in [2.24, 2.45) is 5.41 Å². The zero-order valence-corrected chi connectivity index (χ0v) is 10.9. The molecule has 1 amide bonds. The number of amides is 1. The minimum Gasteiger partial charge on any atom is -0.494 e. The topological polar surface area (TPSA) is 47.6 Å². The fourth-order valence-electron chi connectivity index (χ4n) is 2.12. The molecule has 1 aliphatic heterocycles. The molecule has 2 rings (SSSR count). The molecule has 1 atom stereocenters. The van der Waals surface area contributed by atoms with Gasteiger partial charge in [0.05, 0.1) is 18.7 Å². The smallest absolute Gasteiger partial charge is 0.407 e. The highest BCUT2D eigenvalue weighted by Crippen LogP contribution is 2.40. The first-order chi connectivity index (χ1) is 8.86. The molecule has 4 nitrogen and oxygen atoms in total. The average Bonchev–Trinajstić information content (AvgIpc) is 2.34. The van der Waals surface area contributed by atoms with E-state index in [1.807, 2.05) is 0 Å². The minimum absolute atomic E-state index is 0.0621. The first kappa shape index (κ1) is 13.6. The quantitative estimate of drug-likeness (QED) is 0.899. The molecule has 0 aromatic heterocycles. The minimum atomic E-state index is -0.816. The summed E-state index contributed by atoms with van der Waals surface area (Å²) < 4.78 is 37.9. The second-order valence-electron chi connectivity index (χ2n) is 5.12. The summed E-state index contributed by atoms with van der Waals surface area (Å²) in [6, 6.07) is 1.51. The van der Waals surface area contributed by atoms with Gasteiger partial charge in [0.1, 0.15) is 12.4 Å². The van der Waals surface area contributed by atoms with Gasteiger partial charge in [-0.3, -0.25) is 0 Å². The SMILES string of the molecule is COc1ccc(F)c([C@H]2NC(=O)OCC2(C)C)c1F. The summed E-state index contributed by atoms with van der Waals surface area (Å²) in [5.41, 5.74) is -0.844. The van der Waals surface area contributed by atoms with Crippen molar-refractivity contribution in [3.63, 3.8) is 0 Å². The Kier molecular flexibility index (Phi) is 3.34. The summed E-state index contributed by atoms with van der Waals surface area (Å²) in [6.07, 6.45) is -0.689. The van der Waals surface area contributed by atoms with Crippen molar-refractivity contribution in [1.29, 1.82) is 0 Å². The number of hydrogen-bond donors (Lipinski definition) is 1. The highest BCUT2D eigenvalue weighted by molar-refractivity contribution is 5.69. The number of nitrogens with one attached hydrogen (secondary N) is 1. The molecular weight excluding hydrogens is 256 g/mol. The summed E-state index contributed by atoms with van der Waals surface area (Å²) in [4.78, 5) is 11.3. The van der Waals surface area contributed by atoms with Gasteiger partial charge in [-0.2, -0.15) is 0 Å². The Morgan fingerprint density at radius 1 is 1.42 bits per heavy atom. The predicted octanol–water partition coefficient (Wildman–Crippen LogP) is 2.78. The van der Waals surface area contributed by atoms with Gasteiger partial charge < -0.3 is 14.8 Å². The van der Waals surface area contributed by atoms with Crippen LogP contribution in [0.3, 0.4) is 0 Å². The van der Waals surface area contributed by atoms with Crippen molar-refractivity contribution in [2.75, 3.05) is 13.7 Å². The largest absolute Gasteiger partial charge is 0.494 e. The van der Waals surface area contributed by atoms with E-state index in [-0.39, 0.29) is 17.9 Å². The number of hydrogen-bond acceptors (Lipinski definition) is 3. The van der Waals surface area contributed by atoms with Crippen LogP contribution in [0.5, 0.6) is 5.75 Å². The number of halogens is 2. The molecule has 0 aliphatic carbocycles. The van der Waals surface area contributed by atoms with Crippen LogP contribution >= 0.6 is 0 Å². The van der Waals surface area contributed by atoms with Gasteiger partial charge in [-0.05, 0) is 12.1 Å². The van der Waals surface area contributed by atoms with E-state index >= 15 is 0 Å². The number of cyclic esters (lactones) is 1. The normalized spacial score (nSPS) is 21.5. The van der Waals surface area contributed by atoms with Gasteiger partial charge >= 0.3 is 6.09 Å². The van der Waals surface area contributed by atoms with Crippen molar-refractivity contribution >= 4 is 6.09 Å². The fraction of sp³-hybridized carbons (Fsp3) is 0.462. The van der Waals surface area contributed by atoms with Crippen LogP contribution in [0.4, 0.5) is 13.6 Å². The van der Waals surface area contributed by atoms with Crippen LogP contribution in [0.2, 0.25) is 0 Å². The van der Waals surface area contributed by atoms with E-state index < -0.39 is 29.2 Å². The molecule has 0 saturated carbocycles. The number of alkyl carbamates (subject to hydrolysis) is 1. The highest BCUT2D eigenvalue weighted by atomic mass is 19.1. The molecule has 1 fully saturated rings. The van der Waals surface area contributed by atoms with Gasteiger partial charge in [-0.25, -0.2) is 13.6 Å². The third-order valence-corrected chi connectivity index (χ3v) is 3.22. The van der Waals surface area contributed by atoms with Crippen molar-refractivity contribution in [2.45, 2.75) is 19.9 Å².